The minimum atomic E-state index is -0.402. The topological polar surface area (TPSA) is 221 Å². The summed E-state index contributed by atoms with van der Waals surface area (Å²) in [6.07, 6.45) is 5.64. The number of quaternary nitrogens is 1. The number of amides is 1. The molecular formula is C44H68ClN6O11+. The predicted molar refractivity (Wildman–Crippen MR) is 236 cm³/mol. The van der Waals surface area contributed by atoms with Crippen molar-refractivity contribution in [3.05, 3.63) is 70.5 Å². The number of aliphatic hydroxyl groups excluding tert-OH is 2. The van der Waals surface area contributed by atoms with Crippen molar-refractivity contribution in [2.45, 2.75) is 44.6 Å². The van der Waals surface area contributed by atoms with E-state index in [-0.39, 0.29) is 41.7 Å². The number of nitrogen functional groups attached to an aromatic ring is 2. The van der Waals surface area contributed by atoms with Crippen molar-refractivity contribution in [1.29, 1.82) is 0 Å². The summed E-state index contributed by atoms with van der Waals surface area (Å²) in [7, 11) is 0. The fourth-order valence-corrected chi connectivity index (χ4v) is 7.34. The third kappa shape index (κ3) is 20.1. The Hall–Kier alpha value is -3.88. The molecule has 1 aliphatic rings. The normalized spacial score (nSPS) is 14.8. The smallest absolute Gasteiger partial charge is 0.274 e. The summed E-state index contributed by atoms with van der Waals surface area (Å²) >= 11 is 6.09. The highest BCUT2D eigenvalue weighted by molar-refractivity contribution is 6.31. The van der Waals surface area contributed by atoms with E-state index in [9.17, 15) is 4.79 Å². The number of hydrogen-bond acceptors (Lipinski definition) is 15. The van der Waals surface area contributed by atoms with Gasteiger partial charge in [0.15, 0.2) is 22.5 Å². The van der Waals surface area contributed by atoms with Gasteiger partial charge in [-0.2, -0.15) is 0 Å². The number of hydrogen-bond donors (Lipinski definition) is 5. The number of aliphatic hydroxyl groups is 2. The number of nitrogens with two attached hydrogens (primary N) is 2. The largest absolute Gasteiger partial charge is 0.491 e. The molecule has 0 aliphatic carbocycles. The third-order valence-corrected chi connectivity index (χ3v) is 10.5. The third-order valence-electron chi connectivity index (χ3n) is 10.2. The average Bonchev–Trinajstić information content (AvgIpc) is 3.27. The van der Waals surface area contributed by atoms with E-state index in [0.717, 1.165) is 80.7 Å². The van der Waals surface area contributed by atoms with Crippen LogP contribution in [0.25, 0.3) is 0 Å². The molecule has 3 aromatic rings. The number of nitrogens with zero attached hydrogens (tertiary/aromatic N) is 3. The molecule has 1 fully saturated rings. The molecule has 0 radical (unpaired) electrons. The second kappa shape index (κ2) is 30.2. The SMILES string of the molecule is Nc1nc(N)c(C(=O)N[C@H]2CCC[N+](CCCc3ccc(OCCOCCOCCOCCO)cc3)(CCCc3ccc(OCCOCCOCCOCCO)cc3)C2)nc1Cl. The molecule has 346 valence electrons. The molecule has 1 amide bonds. The van der Waals surface area contributed by atoms with Gasteiger partial charge in [-0.3, -0.25) is 4.79 Å². The first-order chi connectivity index (χ1) is 30.3. The molecule has 0 unspecified atom stereocenters. The standard InChI is InChI=1S/C44H67ClN6O11/c45-41-43(47)50-42(46)40(49-41)44(54)48-37-6-3-17-51(34-37,15-1-4-35-7-11-38(12-8-35)61-32-30-59-28-26-57-24-22-55-20-18-52)16-2-5-36-9-13-39(14-10-36)62-33-31-60-29-27-58-25-23-56-21-19-53/h7-14,37,52-53H,1-6,15-34H2,(H4-,46,47,48,50,54)/p+1/t37-/m0/s1. The summed E-state index contributed by atoms with van der Waals surface area (Å²) in [6, 6.07) is 16.4. The van der Waals surface area contributed by atoms with Gasteiger partial charge in [-0.1, -0.05) is 35.9 Å². The summed E-state index contributed by atoms with van der Waals surface area (Å²) in [5, 5.41) is 20.6. The number of aromatic nitrogens is 2. The van der Waals surface area contributed by atoms with Crippen LogP contribution in [-0.2, 0) is 41.3 Å². The maximum atomic E-state index is 13.3. The van der Waals surface area contributed by atoms with Gasteiger partial charge in [0.05, 0.1) is 125 Å². The number of piperidine rings is 1. The highest BCUT2D eigenvalue weighted by Crippen LogP contribution is 2.25. The monoisotopic (exact) mass is 891 g/mol. The molecule has 2 aromatic carbocycles. The minimum absolute atomic E-state index is 0.00763. The highest BCUT2D eigenvalue weighted by Gasteiger charge is 2.35. The number of anilines is 2. The van der Waals surface area contributed by atoms with Crippen LogP contribution in [0.5, 0.6) is 11.5 Å². The Morgan fingerprint density at radius 1 is 0.645 bits per heavy atom. The lowest BCUT2D eigenvalue weighted by Gasteiger charge is -2.45. The fourth-order valence-electron chi connectivity index (χ4n) is 7.21. The molecule has 4 rings (SSSR count). The summed E-state index contributed by atoms with van der Waals surface area (Å²) in [6.45, 7) is 9.93. The lowest BCUT2D eigenvalue weighted by molar-refractivity contribution is -0.933. The molecule has 7 N–H and O–H groups in total. The number of nitrogens with one attached hydrogen (secondary N) is 1. The maximum absolute atomic E-state index is 13.3. The lowest BCUT2D eigenvalue weighted by Crippen LogP contribution is -2.60. The molecule has 1 saturated heterocycles. The van der Waals surface area contributed by atoms with E-state index in [0.29, 0.717) is 92.5 Å². The van der Waals surface area contributed by atoms with Crippen LogP contribution in [0.15, 0.2) is 48.5 Å². The Labute approximate surface area is 370 Å². The zero-order valence-electron chi connectivity index (χ0n) is 36.0. The predicted octanol–water partition coefficient (Wildman–Crippen LogP) is 3.11. The van der Waals surface area contributed by atoms with Gasteiger partial charge in [-0.25, -0.2) is 9.97 Å². The minimum Gasteiger partial charge on any atom is -0.491 e. The summed E-state index contributed by atoms with van der Waals surface area (Å²) in [5.41, 5.74) is 14.2. The van der Waals surface area contributed by atoms with Gasteiger partial charge in [0.25, 0.3) is 5.91 Å². The molecule has 0 bridgehead atoms. The van der Waals surface area contributed by atoms with Crippen LogP contribution in [0.2, 0.25) is 5.15 Å². The molecule has 2 heterocycles. The first-order valence-corrected chi connectivity index (χ1v) is 22.0. The number of carbonyl (C=O) groups excluding carboxylic acids is 1. The van der Waals surface area contributed by atoms with Crippen LogP contribution < -0.4 is 26.3 Å². The quantitative estimate of drug-likeness (QED) is 0.0430. The van der Waals surface area contributed by atoms with Gasteiger partial charge in [0.2, 0.25) is 0 Å². The first-order valence-electron chi connectivity index (χ1n) is 21.7. The van der Waals surface area contributed by atoms with Crippen LogP contribution in [0.1, 0.15) is 47.3 Å². The summed E-state index contributed by atoms with van der Waals surface area (Å²) in [5.74, 6) is 1.13. The molecule has 1 aromatic heterocycles. The first kappa shape index (κ1) is 50.8. The second-order valence-electron chi connectivity index (χ2n) is 15.0. The molecular weight excluding hydrogens is 824 g/mol. The van der Waals surface area contributed by atoms with Crippen molar-refractivity contribution in [2.24, 2.45) is 0 Å². The number of benzene rings is 2. The molecule has 62 heavy (non-hydrogen) atoms. The van der Waals surface area contributed by atoms with E-state index in [4.69, 9.17) is 71.2 Å². The fraction of sp³-hybridized carbons (Fsp3) is 0.614. The van der Waals surface area contributed by atoms with Crippen molar-refractivity contribution < 1.29 is 57.4 Å². The van der Waals surface area contributed by atoms with Crippen LogP contribution in [0.4, 0.5) is 11.6 Å². The Morgan fingerprint density at radius 2 is 1.08 bits per heavy atom. The molecule has 1 aliphatic heterocycles. The van der Waals surface area contributed by atoms with Crippen molar-refractivity contribution in [3.63, 3.8) is 0 Å². The molecule has 17 nitrogen and oxygen atoms in total. The molecule has 0 spiro atoms. The van der Waals surface area contributed by atoms with E-state index < -0.39 is 5.91 Å². The van der Waals surface area contributed by atoms with Crippen molar-refractivity contribution in [2.75, 3.05) is 143 Å². The number of halogens is 1. The average molecular weight is 893 g/mol. The Bertz CT molecular complexity index is 1590. The Balaban J connectivity index is 1.23. The second-order valence-corrected chi connectivity index (χ2v) is 15.3. The maximum Gasteiger partial charge on any atom is 0.274 e. The van der Waals surface area contributed by atoms with E-state index in [1.165, 1.54) is 11.1 Å². The molecule has 18 heteroatoms. The van der Waals surface area contributed by atoms with Crippen LogP contribution >= 0.6 is 11.6 Å². The van der Waals surface area contributed by atoms with Gasteiger partial charge >= 0.3 is 0 Å². The number of aryl methyl sites for hydroxylation is 2. The lowest BCUT2D eigenvalue weighted by atomic mass is 9.99. The molecule has 1 atom stereocenters. The van der Waals surface area contributed by atoms with Gasteiger partial charge in [-0.15, -0.1) is 0 Å². The van der Waals surface area contributed by atoms with Gasteiger partial charge < -0.3 is 69.4 Å². The van der Waals surface area contributed by atoms with Gasteiger partial charge in [0, 0.05) is 12.8 Å². The van der Waals surface area contributed by atoms with E-state index in [1.54, 1.807) is 0 Å². The molecule has 0 saturated carbocycles. The number of ether oxygens (including phenoxy) is 8. The van der Waals surface area contributed by atoms with Crippen LogP contribution in [0, 0.1) is 0 Å². The number of carbonyl (C=O) groups is 1. The Morgan fingerprint density at radius 3 is 1.53 bits per heavy atom. The van der Waals surface area contributed by atoms with Gasteiger partial charge in [0.1, 0.15) is 24.7 Å². The zero-order chi connectivity index (χ0) is 44.1. The van der Waals surface area contributed by atoms with E-state index >= 15 is 0 Å². The summed E-state index contributed by atoms with van der Waals surface area (Å²) in [4.78, 5) is 21.5. The van der Waals surface area contributed by atoms with Gasteiger partial charge in [-0.05, 0) is 61.1 Å². The Kier molecular flexibility index (Phi) is 24.8. The van der Waals surface area contributed by atoms with Crippen LogP contribution in [0.3, 0.4) is 0 Å². The van der Waals surface area contributed by atoms with Crippen molar-refractivity contribution >= 4 is 29.1 Å². The van der Waals surface area contributed by atoms with Crippen molar-refractivity contribution in [1.82, 2.24) is 15.3 Å². The highest BCUT2D eigenvalue weighted by atomic mass is 35.5. The van der Waals surface area contributed by atoms with E-state index in [2.05, 4.69) is 39.6 Å². The van der Waals surface area contributed by atoms with E-state index in [1.807, 2.05) is 24.3 Å². The number of likely N-dealkylation sites (tertiary alicyclic amines) is 1. The van der Waals surface area contributed by atoms with Crippen molar-refractivity contribution in [3.8, 4) is 11.5 Å². The summed E-state index contributed by atoms with van der Waals surface area (Å²) < 4.78 is 45.0. The van der Waals surface area contributed by atoms with Crippen LogP contribution in [-0.4, -0.2) is 169 Å². The zero-order valence-corrected chi connectivity index (χ0v) is 36.8. The number of rotatable bonds is 34.